The third kappa shape index (κ3) is 7.75. The van der Waals surface area contributed by atoms with Crippen molar-refractivity contribution in [3.63, 3.8) is 0 Å². The van der Waals surface area contributed by atoms with E-state index in [-0.39, 0.29) is 0 Å². The molecular weight excluding hydrogens is 326 g/mol. The number of hydrogen-bond donors (Lipinski definition) is 2. The number of benzene rings is 1. The Bertz CT molecular complexity index is 501. The summed E-state index contributed by atoms with van der Waals surface area (Å²) in [5.74, 6) is 1.35. The Morgan fingerprint density at radius 2 is 2.12 bits per heavy atom. The van der Waals surface area contributed by atoms with Crippen LogP contribution in [0.3, 0.4) is 0 Å². The van der Waals surface area contributed by atoms with Crippen molar-refractivity contribution in [1.82, 2.24) is 10.6 Å². The van der Waals surface area contributed by atoms with Gasteiger partial charge in [-0.1, -0.05) is 37.3 Å². The topological polar surface area (TPSA) is 54.9 Å². The predicted molar refractivity (Wildman–Crippen MR) is 108 cm³/mol. The first-order valence-electron chi connectivity index (χ1n) is 10.1. The molecule has 0 amide bonds. The van der Waals surface area contributed by atoms with E-state index in [1.165, 1.54) is 12.0 Å². The molecule has 1 aliphatic heterocycles. The summed E-state index contributed by atoms with van der Waals surface area (Å²) in [6.07, 6.45) is 4.66. The van der Waals surface area contributed by atoms with E-state index in [4.69, 9.17) is 14.5 Å². The first-order valence-corrected chi connectivity index (χ1v) is 10.1. The molecule has 1 heterocycles. The van der Waals surface area contributed by atoms with Crippen molar-refractivity contribution >= 4 is 5.96 Å². The van der Waals surface area contributed by atoms with E-state index in [2.05, 4.69) is 54.8 Å². The van der Waals surface area contributed by atoms with E-state index < -0.39 is 0 Å². The molecule has 1 fully saturated rings. The van der Waals surface area contributed by atoms with E-state index in [1.54, 1.807) is 0 Å². The summed E-state index contributed by atoms with van der Waals surface area (Å²) in [6.45, 7) is 9.21. The zero-order chi connectivity index (χ0) is 18.5. The van der Waals surface area contributed by atoms with Crippen molar-refractivity contribution in [2.45, 2.75) is 51.6 Å². The molecule has 2 unspecified atom stereocenters. The molecule has 2 atom stereocenters. The molecule has 1 aromatic carbocycles. The van der Waals surface area contributed by atoms with Crippen LogP contribution in [0.25, 0.3) is 0 Å². The highest BCUT2D eigenvalue weighted by Crippen LogP contribution is 2.19. The lowest BCUT2D eigenvalue weighted by atomic mass is 9.97. The van der Waals surface area contributed by atoms with E-state index in [9.17, 15) is 0 Å². The third-order valence-electron chi connectivity index (χ3n) is 4.66. The van der Waals surface area contributed by atoms with Crippen LogP contribution in [0.1, 0.15) is 51.0 Å². The highest BCUT2D eigenvalue weighted by molar-refractivity contribution is 5.79. The van der Waals surface area contributed by atoms with Crippen LogP contribution < -0.4 is 10.6 Å². The fraction of sp³-hybridized carbons (Fsp3) is 0.667. The predicted octanol–water partition coefficient (Wildman–Crippen LogP) is 3.32. The van der Waals surface area contributed by atoms with Gasteiger partial charge in [0.2, 0.25) is 0 Å². The molecule has 1 saturated heterocycles. The Morgan fingerprint density at radius 1 is 1.27 bits per heavy atom. The summed E-state index contributed by atoms with van der Waals surface area (Å²) in [4.78, 5) is 4.78. The van der Waals surface area contributed by atoms with Crippen LogP contribution >= 0.6 is 0 Å². The Balaban J connectivity index is 1.68. The normalized spacial score (nSPS) is 18.7. The second-order valence-corrected chi connectivity index (χ2v) is 6.73. The van der Waals surface area contributed by atoms with Crippen LogP contribution in [0, 0.1) is 0 Å². The van der Waals surface area contributed by atoms with Crippen LogP contribution in [0.2, 0.25) is 0 Å². The van der Waals surface area contributed by atoms with Gasteiger partial charge in [-0.2, -0.15) is 0 Å². The molecule has 0 spiro atoms. The summed E-state index contributed by atoms with van der Waals surface area (Å²) in [5, 5.41) is 6.73. The smallest absolute Gasteiger partial charge is 0.191 e. The zero-order valence-electron chi connectivity index (χ0n) is 16.4. The Kier molecular flexibility index (Phi) is 10.1. The molecule has 0 aromatic heterocycles. The average molecular weight is 362 g/mol. The van der Waals surface area contributed by atoms with Crippen LogP contribution in [0.15, 0.2) is 35.3 Å². The van der Waals surface area contributed by atoms with Gasteiger partial charge < -0.3 is 20.1 Å². The third-order valence-corrected chi connectivity index (χ3v) is 4.66. The van der Waals surface area contributed by atoms with Gasteiger partial charge in [-0.15, -0.1) is 0 Å². The highest BCUT2D eigenvalue weighted by atomic mass is 16.5. The quantitative estimate of drug-likeness (QED) is 0.361. The number of ether oxygens (including phenoxy) is 2. The van der Waals surface area contributed by atoms with E-state index in [0.717, 1.165) is 64.7 Å². The van der Waals surface area contributed by atoms with E-state index in [1.807, 2.05) is 0 Å². The first-order chi connectivity index (χ1) is 12.8. The van der Waals surface area contributed by atoms with Crippen LogP contribution in [0.4, 0.5) is 0 Å². The van der Waals surface area contributed by atoms with E-state index in [0.29, 0.717) is 12.0 Å². The van der Waals surface area contributed by atoms with Crippen molar-refractivity contribution < 1.29 is 9.47 Å². The van der Waals surface area contributed by atoms with Gasteiger partial charge in [0.1, 0.15) is 0 Å². The second-order valence-electron chi connectivity index (χ2n) is 6.73. The van der Waals surface area contributed by atoms with E-state index >= 15 is 0 Å². The lowest BCUT2D eigenvalue weighted by Crippen LogP contribution is -2.38. The fourth-order valence-electron chi connectivity index (χ4n) is 3.11. The van der Waals surface area contributed by atoms with Crippen molar-refractivity contribution in [3.8, 4) is 0 Å². The van der Waals surface area contributed by atoms with Gasteiger partial charge >= 0.3 is 0 Å². The SMILES string of the molecule is CCNC(=NCC(CC)c1ccccc1)NCCCOCC1CCCO1. The van der Waals surface area contributed by atoms with Gasteiger partial charge in [-0.25, -0.2) is 0 Å². The monoisotopic (exact) mass is 361 g/mol. The molecule has 0 aliphatic carbocycles. The Morgan fingerprint density at radius 3 is 2.81 bits per heavy atom. The largest absolute Gasteiger partial charge is 0.379 e. The molecular formula is C21H35N3O2. The molecule has 0 bridgehead atoms. The first kappa shape index (κ1) is 20.7. The lowest BCUT2D eigenvalue weighted by Gasteiger charge is -2.16. The molecule has 5 heteroatoms. The summed E-state index contributed by atoms with van der Waals surface area (Å²) >= 11 is 0. The van der Waals surface area contributed by atoms with Crippen LogP contribution in [-0.2, 0) is 9.47 Å². The van der Waals surface area contributed by atoms with Crippen LogP contribution in [0.5, 0.6) is 0 Å². The number of rotatable bonds is 11. The van der Waals surface area contributed by atoms with Gasteiger partial charge in [0.05, 0.1) is 12.7 Å². The zero-order valence-corrected chi connectivity index (χ0v) is 16.4. The van der Waals surface area contributed by atoms with Crippen molar-refractivity contribution in [2.75, 3.05) is 39.5 Å². The van der Waals surface area contributed by atoms with Gasteiger partial charge in [0.15, 0.2) is 5.96 Å². The number of aliphatic imine (C=N–C) groups is 1. The standard InChI is InChI=1S/C21H35N3O2/c1-3-18(19-10-6-5-7-11-19)16-24-21(22-4-2)23-13-9-14-25-17-20-12-8-15-26-20/h5-7,10-11,18,20H,3-4,8-9,12-17H2,1-2H3,(H2,22,23,24). The summed E-state index contributed by atoms with van der Waals surface area (Å²) in [6, 6.07) is 10.6. The molecule has 1 aromatic rings. The minimum atomic E-state index is 0.311. The molecule has 0 saturated carbocycles. The number of nitrogens with zero attached hydrogens (tertiary/aromatic N) is 1. The maximum absolute atomic E-state index is 5.71. The second kappa shape index (κ2) is 12.7. The average Bonchev–Trinajstić information content (AvgIpc) is 3.19. The maximum atomic E-state index is 5.71. The van der Waals surface area contributed by atoms with Crippen LogP contribution in [-0.4, -0.2) is 51.5 Å². The number of guanidine groups is 1. The molecule has 2 rings (SSSR count). The molecule has 26 heavy (non-hydrogen) atoms. The molecule has 146 valence electrons. The minimum Gasteiger partial charge on any atom is -0.379 e. The van der Waals surface area contributed by atoms with Gasteiger partial charge in [-0.05, 0) is 38.2 Å². The highest BCUT2D eigenvalue weighted by Gasteiger charge is 2.15. The molecule has 1 aliphatic rings. The minimum absolute atomic E-state index is 0.311. The summed E-state index contributed by atoms with van der Waals surface area (Å²) < 4.78 is 11.3. The Labute approximate surface area is 158 Å². The number of hydrogen-bond acceptors (Lipinski definition) is 3. The fourth-order valence-corrected chi connectivity index (χ4v) is 3.11. The van der Waals surface area contributed by atoms with Gasteiger partial charge in [-0.3, -0.25) is 4.99 Å². The number of nitrogens with one attached hydrogen (secondary N) is 2. The molecule has 0 radical (unpaired) electrons. The molecule has 2 N–H and O–H groups in total. The van der Waals surface area contributed by atoms with Gasteiger partial charge in [0.25, 0.3) is 0 Å². The van der Waals surface area contributed by atoms with Crippen molar-refractivity contribution in [2.24, 2.45) is 4.99 Å². The summed E-state index contributed by atoms with van der Waals surface area (Å²) in [7, 11) is 0. The Hall–Kier alpha value is -1.59. The van der Waals surface area contributed by atoms with Gasteiger partial charge in [0, 0.05) is 38.8 Å². The van der Waals surface area contributed by atoms with Crippen molar-refractivity contribution in [1.29, 1.82) is 0 Å². The maximum Gasteiger partial charge on any atom is 0.191 e. The summed E-state index contributed by atoms with van der Waals surface area (Å²) in [5.41, 5.74) is 1.36. The molecule has 5 nitrogen and oxygen atoms in total. The van der Waals surface area contributed by atoms with Crippen molar-refractivity contribution in [3.05, 3.63) is 35.9 Å². The lowest BCUT2D eigenvalue weighted by molar-refractivity contribution is 0.0168.